The predicted octanol–water partition coefficient (Wildman–Crippen LogP) is 1.52. The Bertz CT molecular complexity index is 1050. The number of pyridine rings is 1. The second-order valence-electron chi connectivity index (χ2n) is 7.84. The van der Waals surface area contributed by atoms with Gasteiger partial charge in [0.05, 0.1) is 36.1 Å². The van der Waals surface area contributed by atoms with Crippen molar-refractivity contribution in [1.29, 1.82) is 0 Å². The van der Waals surface area contributed by atoms with E-state index in [9.17, 15) is 9.90 Å². The molecule has 0 amide bonds. The maximum atomic E-state index is 12.1. The van der Waals surface area contributed by atoms with Gasteiger partial charge in [-0.3, -0.25) is 0 Å². The minimum atomic E-state index is -1.03. The smallest absolute Gasteiger partial charge is 0.345 e. The Kier molecular flexibility index (Phi) is 5.91. The van der Waals surface area contributed by atoms with Gasteiger partial charge in [-0.1, -0.05) is 0 Å². The van der Waals surface area contributed by atoms with Crippen molar-refractivity contribution in [3.63, 3.8) is 0 Å². The molecule has 30 heavy (non-hydrogen) atoms. The number of hydrogen-bond acceptors (Lipinski definition) is 7. The summed E-state index contributed by atoms with van der Waals surface area (Å²) in [6.07, 6.45) is 5.02. The largest absolute Gasteiger partial charge is 0.479 e. The molecular formula is C20H26BN4O5. The third kappa shape index (κ3) is 4.19. The third-order valence-corrected chi connectivity index (χ3v) is 5.12. The first kappa shape index (κ1) is 21.9. The minimum Gasteiger partial charge on any atom is -0.479 e. The lowest BCUT2D eigenvalue weighted by atomic mass is 9.83. The molecular weight excluding hydrogens is 387 g/mol. The first-order chi connectivity index (χ1) is 14.1. The normalized spacial score (nSPS) is 12.2. The number of methoxy groups -OCH3 is 1. The topological polar surface area (TPSA) is 100 Å². The van der Waals surface area contributed by atoms with E-state index in [4.69, 9.17) is 14.1 Å². The fraction of sp³-hybridized carbons (Fsp3) is 0.450. The number of aromatic nitrogens is 4. The van der Waals surface area contributed by atoms with Gasteiger partial charge >= 0.3 is 13.5 Å². The number of ether oxygens (including phenoxy) is 2. The van der Waals surface area contributed by atoms with Crippen LogP contribution in [0.25, 0.3) is 11.2 Å². The summed E-state index contributed by atoms with van der Waals surface area (Å²) in [5.74, 6) is -0.314. The molecule has 0 bridgehead atoms. The lowest BCUT2D eigenvalue weighted by molar-refractivity contribution is -0.0893. The van der Waals surface area contributed by atoms with Crippen LogP contribution < -0.4 is 10.2 Å². The van der Waals surface area contributed by atoms with Crippen LogP contribution >= 0.6 is 0 Å². The zero-order valence-electron chi connectivity index (χ0n) is 18.0. The first-order valence-corrected chi connectivity index (χ1v) is 9.59. The van der Waals surface area contributed by atoms with Crippen molar-refractivity contribution in [2.75, 3.05) is 13.7 Å². The van der Waals surface area contributed by atoms with Gasteiger partial charge in [-0.05, 0) is 52.2 Å². The highest BCUT2D eigenvalue weighted by molar-refractivity contribution is 6.50. The maximum absolute atomic E-state index is 12.1. The Balaban J connectivity index is 1.92. The predicted molar refractivity (Wildman–Crippen MR) is 112 cm³/mol. The summed E-state index contributed by atoms with van der Waals surface area (Å²) in [6.45, 7) is 9.01. The molecule has 0 aromatic carbocycles. The lowest BCUT2D eigenvalue weighted by Gasteiger charge is -2.37. The molecule has 3 aromatic heterocycles. The Morgan fingerprint density at radius 3 is 2.67 bits per heavy atom. The highest BCUT2D eigenvalue weighted by atomic mass is 16.5. The Morgan fingerprint density at radius 2 is 2.03 bits per heavy atom. The number of esters is 1. The van der Waals surface area contributed by atoms with Crippen LogP contribution in [0.2, 0.25) is 0 Å². The van der Waals surface area contributed by atoms with E-state index < -0.39 is 17.2 Å². The summed E-state index contributed by atoms with van der Waals surface area (Å²) in [4.78, 5) is 12.1. The fourth-order valence-electron chi connectivity index (χ4n) is 2.57. The molecule has 0 fully saturated rings. The molecule has 0 saturated carbocycles. The fourth-order valence-corrected chi connectivity index (χ4v) is 2.57. The standard InChI is InChI=1S/C20H26BN4O5/c1-7-29-18(26)14-12-25(23-17(14)28-6)13-8-9-24-16(10-13)15(11-22-24)21-30-20(4,5)19(2,3)27/h8-12,27H,7H2,1-6H3. The van der Waals surface area contributed by atoms with Crippen LogP contribution in [0.15, 0.2) is 30.7 Å². The zero-order valence-corrected chi connectivity index (χ0v) is 18.0. The molecule has 3 rings (SSSR count). The van der Waals surface area contributed by atoms with Crippen molar-refractivity contribution >= 4 is 24.4 Å². The van der Waals surface area contributed by atoms with E-state index >= 15 is 0 Å². The Hall–Kier alpha value is -2.85. The van der Waals surface area contributed by atoms with E-state index in [1.807, 2.05) is 26.0 Å². The molecule has 0 saturated heterocycles. The molecule has 1 N–H and O–H groups in total. The molecule has 9 nitrogen and oxygen atoms in total. The average Bonchev–Trinajstić information content (AvgIpc) is 3.29. The SMILES string of the molecule is CCOC(=O)c1cn(-c2ccn3ncc([B]OC(C)(C)C(C)(C)O)c3c2)nc1OC. The van der Waals surface area contributed by atoms with Crippen molar-refractivity contribution in [3.05, 3.63) is 36.3 Å². The maximum Gasteiger partial charge on any atom is 0.345 e. The molecule has 0 spiro atoms. The van der Waals surface area contributed by atoms with Crippen LogP contribution in [0.1, 0.15) is 45.0 Å². The molecule has 159 valence electrons. The summed E-state index contributed by atoms with van der Waals surface area (Å²) in [6, 6.07) is 3.67. The molecule has 3 heterocycles. The molecule has 0 atom stereocenters. The van der Waals surface area contributed by atoms with Gasteiger partial charge in [0.2, 0.25) is 5.88 Å². The van der Waals surface area contributed by atoms with Gasteiger partial charge in [-0.2, -0.15) is 5.10 Å². The number of carbonyl (C=O) groups excluding carboxylic acids is 1. The molecule has 0 unspecified atom stereocenters. The van der Waals surface area contributed by atoms with E-state index in [1.54, 1.807) is 56.0 Å². The number of aliphatic hydroxyl groups is 1. The second kappa shape index (κ2) is 8.12. The summed E-state index contributed by atoms with van der Waals surface area (Å²) in [7, 11) is 3.03. The molecule has 0 aliphatic rings. The van der Waals surface area contributed by atoms with E-state index in [0.29, 0.717) is 5.69 Å². The van der Waals surface area contributed by atoms with Gasteiger partial charge in [0.1, 0.15) is 5.56 Å². The zero-order chi connectivity index (χ0) is 22.1. The number of rotatable bonds is 8. The minimum absolute atomic E-state index is 0.184. The van der Waals surface area contributed by atoms with Crippen molar-refractivity contribution in [1.82, 2.24) is 19.4 Å². The summed E-state index contributed by atoms with van der Waals surface area (Å²) in [5, 5.41) is 18.9. The third-order valence-electron chi connectivity index (χ3n) is 5.12. The first-order valence-electron chi connectivity index (χ1n) is 9.59. The average molecular weight is 413 g/mol. The quantitative estimate of drug-likeness (QED) is 0.442. The van der Waals surface area contributed by atoms with Gasteiger partial charge in [-0.15, -0.1) is 5.10 Å². The van der Waals surface area contributed by atoms with Crippen molar-refractivity contribution in [3.8, 4) is 11.6 Å². The highest BCUT2D eigenvalue weighted by Crippen LogP contribution is 2.24. The summed E-state index contributed by atoms with van der Waals surface area (Å²) >= 11 is 0. The summed E-state index contributed by atoms with van der Waals surface area (Å²) < 4.78 is 19.4. The molecule has 0 aliphatic carbocycles. The van der Waals surface area contributed by atoms with Gasteiger partial charge in [0.15, 0.2) is 0 Å². The van der Waals surface area contributed by atoms with Crippen LogP contribution in [-0.2, 0) is 9.39 Å². The van der Waals surface area contributed by atoms with Gasteiger partial charge in [0, 0.05) is 18.6 Å². The second-order valence-corrected chi connectivity index (χ2v) is 7.84. The van der Waals surface area contributed by atoms with Crippen molar-refractivity contribution in [2.45, 2.75) is 45.8 Å². The van der Waals surface area contributed by atoms with E-state index in [2.05, 4.69) is 10.2 Å². The van der Waals surface area contributed by atoms with Gasteiger partial charge < -0.3 is 19.2 Å². The Morgan fingerprint density at radius 1 is 1.30 bits per heavy atom. The summed E-state index contributed by atoms with van der Waals surface area (Å²) in [5.41, 5.74) is 0.614. The van der Waals surface area contributed by atoms with Crippen molar-refractivity contribution in [2.24, 2.45) is 0 Å². The molecule has 3 aromatic rings. The number of fused-ring (bicyclic) bond motifs is 1. The molecule has 1 radical (unpaired) electrons. The van der Waals surface area contributed by atoms with Crippen LogP contribution in [0, 0.1) is 0 Å². The van der Waals surface area contributed by atoms with Gasteiger partial charge in [-0.25, -0.2) is 14.0 Å². The molecule has 10 heteroatoms. The van der Waals surface area contributed by atoms with Gasteiger partial charge in [0.25, 0.3) is 0 Å². The van der Waals surface area contributed by atoms with E-state index in [0.717, 1.165) is 11.0 Å². The number of carbonyl (C=O) groups is 1. The molecule has 0 aliphatic heterocycles. The van der Waals surface area contributed by atoms with E-state index in [-0.39, 0.29) is 18.1 Å². The lowest BCUT2D eigenvalue weighted by Crippen LogP contribution is -2.49. The van der Waals surface area contributed by atoms with Crippen LogP contribution in [-0.4, -0.2) is 62.9 Å². The van der Waals surface area contributed by atoms with Crippen molar-refractivity contribution < 1.29 is 24.0 Å². The number of hydrogen-bond donors (Lipinski definition) is 1. The van der Waals surface area contributed by atoms with E-state index in [1.165, 1.54) is 7.11 Å². The van der Waals surface area contributed by atoms with Crippen LogP contribution in [0.3, 0.4) is 0 Å². The Labute approximate surface area is 175 Å². The van der Waals surface area contributed by atoms with Crippen LogP contribution in [0.4, 0.5) is 0 Å². The number of nitrogens with zero attached hydrogens (tertiary/aromatic N) is 4. The van der Waals surface area contributed by atoms with Crippen LogP contribution in [0.5, 0.6) is 5.88 Å². The monoisotopic (exact) mass is 413 g/mol. The highest BCUT2D eigenvalue weighted by Gasteiger charge is 2.36.